The van der Waals surface area contributed by atoms with Crippen LogP contribution in [0.1, 0.15) is 77.4 Å². The second-order valence-electron chi connectivity index (χ2n) is 5.62. The summed E-state index contributed by atoms with van der Waals surface area (Å²) in [6.07, 6.45) is 2.76. The fourth-order valence-corrected chi connectivity index (χ4v) is 2.37. The Balaban J connectivity index is 0.00000148. The van der Waals surface area contributed by atoms with Crippen LogP contribution in [-0.4, -0.2) is 38.1 Å². The highest BCUT2D eigenvalue weighted by Gasteiger charge is 2.10. The van der Waals surface area contributed by atoms with E-state index in [9.17, 15) is 5.11 Å². The Morgan fingerprint density at radius 2 is 1.72 bits per heavy atom. The number of aromatic nitrogens is 3. The standard InChI is InChI=1S/C19H19N3O4.3C2H6/c1-14(24)19-20-8-9-22(19)13-16-12-18(26-21-16)7-4-15-2-5-17(6-3-15)25-11-10-23;3*1-2/h2-3,5-6,8-9,12,14,23-24H,10-11,13H2,1H3;3*1-2H3. The number of aliphatic hydroxyl groups excluding tert-OH is 2. The number of benzene rings is 1. The number of hydrogen-bond donors (Lipinski definition) is 2. The van der Waals surface area contributed by atoms with Gasteiger partial charge in [0.25, 0.3) is 0 Å². The fourth-order valence-electron chi connectivity index (χ4n) is 2.37. The van der Waals surface area contributed by atoms with Crippen molar-refractivity contribution >= 4 is 0 Å². The predicted molar refractivity (Wildman–Crippen MR) is 128 cm³/mol. The average Bonchev–Trinajstić information content (AvgIpc) is 3.51. The topological polar surface area (TPSA) is 93.5 Å². The van der Waals surface area contributed by atoms with Gasteiger partial charge in [-0.25, -0.2) is 4.98 Å². The Bertz CT molecular complexity index is 903. The van der Waals surface area contributed by atoms with Crippen LogP contribution in [0.25, 0.3) is 0 Å². The molecule has 0 spiro atoms. The van der Waals surface area contributed by atoms with Crippen LogP contribution < -0.4 is 4.74 Å². The van der Waals surface area contributed by atoms with Crippen LogP contribution in [0.15, 0.2) is 47.2 Å². The minimum absolute atomic E-state index is 0.0207. The molecule has 0 aliphatic heterocycles. The Morgan fingerprint density at radius 3 is 2.31 bits per heavy atom. The Kier molecular flexibility index (Phi) is 15.9. The van der Waals surface area contributed by atoms with E-state index in [0.29, 0.717) is 29.6 Å². The lowest BCUT2D eigenvalue weighted by molar-refractivity contribution is 0.184. The molecule has 0 radical (unpaired) electrons. The summed E-state index contributed by atoms with van der Waals surface area (Å²) in [5, 5.41) is 22.4. The van der Waals surface area contributed by atoms with Crippen molar-refractivity contribution in [2.24, 2.45) is 0 Å². The molecule has 0 fully saturated rings. The van der Waals surface area contributed by atoms with Gasteiger partial charge in [-0.1, -0.05) is 52.6 Å². The molecule has 0 amide bonds. The molecule has 0 saturated carbocycles. The first-order valence-electron chi connectivity index (χ1n) is 11.2. The highest BCUT2D eigenvalue weighted by molar-refractivity contribution is 5.41. The van der Waals surface area contributed by atoms with E-state index in [2.05, 4.69) is 22.0 Å². The molecule has 176 valence electrons. The van der Waals surface area contributed by atoms with E-state index >= 15 is 0 Å². The van der Waals surface area contributed by atoms with Crippen LogP contribution in [0.2, 0.25) is 0 Å². The van der Waals surface area contributed by atoms with Crippen LogP contribution >= 0.6 is 0 Å². The molecule has 7 heteroatoms. The summed E-state index contributed by atoms with van der Waals surface area (Å²) in [6.45, 7) is 14.4. The summed E-state index contributed by atoms with van der Waals surface area (Å²) in [7, 11) is 0. The van der Waals surface area contributed by atoms with Crippen molar-refractivity contribution < 1.29 is 19.5 Å². The van der Waals surface area contributed by atoms with E-state index in [1.165, 1.54) is 0 Å². The molecule has 3 aromatic rings. The quantitative estimate of drug-likeness (QED) is 0.531. The number of rotatable bonds is 6. The van der Waals surface area contributed by atoms with E-state index in [4.69, 9.17) is 14.4 Å². The van der Waals surface area contributed by atoms with E-state index < -0.39 is 6.10 Å². The molecule has 2 heterocycles. The van der Waals surface area contributed by atoms with E-state index in [1.807, 2.05) is 58.2 Å². The first-order valence-corrected chi connectivity index (χ1v) is 11.2. The van der Waals surface area contributed by atoms with E-state index in [0.717, 1.165) is 5.56 Å². The summed E-state index contributed by atoms with van der Waals surface area (Å²) in [5.74, 6) is 7.64. The van der Waals surface area contributed by atoms with Gasteiger partial charge in [-0.15, -0.1) is 0 Å². The van der Waals surface area contributed by atoms with Crippen LogP contribution in [0.5, 0.6) is 5.75 Å². The van der Waals surface area contributed by atoms with Gasteiger partial charge in [0.05, 0.1) is 13.2 Å². The summed E-state index contributed by atoms with van der Waals surface area (Å²) < 4.78 is 12.4. The van der Waals surface area contributed by atoms with Gasteiger partial charge in [0.15, 0.2) is 0 Å². The number of nitrogens with zero attached hydrogens (tertiary/aromatic N) is 3. The van der Waals surface area contributed by atoms with Crippen molar-refractivity contribution in [2.45, 2.75) is 61.1 Å². The van der Waals surface area contributed by atoms with E-state index in [1.54, 1.807) is 37.5 Å². The first-order chi connectivity index (χ1) is 15.7. The number of aliphatic hydroxyl groups is 2. The predicted octanol–water partition coefficient (Wildman–Crippen LogP) is 4.82. The van der Waals surface area contributed by atoms with Gasteiger partial charge in [0.1, 0.15) is 30.0 Å². The van der Waals surface area contributed by atoms with Crippen molar-refractivity contribution in [1.29, 1.82) is 0 Å². The molecule has 2 aromatic heterocycles. The third kappa shape index (κ3) is 9.82. The third-order valence-corrected chi connectivity index (χ3v) is 3.56. The molecule has 7 nitrogen and oxygen atoms in total. The molecule has 1 unspecified atom stereocenters. The lowest BCUT2D eigenvalue weighted by atomic mass is 10.2. The summed E-state index contributed by atoms with van der Waals surface area (Å²) in [4.78, 5) is 4.12. The molecule has 1 aromatic carbocycles. The van der Waals surface area contributed by atoms with Gasteiger partial charge >= 0.3 is 0 Å². The molecule has 1 atom stereocenters. The van der Waals surface area contributed by atoms with Gasteiger partial charge in [-0.2, -0.15) is 0 Å². The highest BCUT2D eigenvalue weighted by atomic mass is 16.5. The monoisotopic (exact) mass is 443 g/mol. The fraction of sp³-hybridized carbons (Fsp3) is 0.440. The van der Waals surface area contributed by atoms with Crippen LogP contribution in [0.3, 0.4) is 0 Å². The summed E-state index contributed by atoms with van der Waals surface area (Å²) in [6, 6.07) is 9.01. The molecule has 0 bridgehead atoms. The van der Waals surface area contributed by atoms with Gasteiger partial charge in [-0.05, 0) is 37.1 Å². The minimum atomic E-state index is -0.652. The van der Waals surface area contributed by atoms with Gasteiger partial charge < -0.3 is 24.0 Å². The molecule has 2 N–H and O–H groups in total. The number of imidazole rings is 1. The number of hydrogen-bond acceptors (Lipinski definition) is 6. The zero-order chi connectivity index (χ0) is 24.4. The lowest BCUT2D eigenvalue weighted by Gasteiger charge is -2.07. The van der Waals surface area contributed by atoms with Crippen LogP contribution in [0, 0.1) is 11.8 Å². The highest BCUT2D eigenvalue weighted by Crippen LogP contribution is 2.13. The third-order valence-electron chi connectivity index (χ3n) is 3.56. The molecule has 32 heavy (non-hydrogen) atoms. The van der Waals surface area contributed by atoms with Gasteiger partial charge in [0.2, 0.25) is 5.76 Å². The zero-order valence-electron chi connectivity index (χ0n) is 20.3. The smallest absolute Gasteiger partial charge is 0.210 e. The van der Waals surface area contributed by atoms with Gasteiger partial charge in [0, 0.05) is 24.0 Å². The maximum atomic E-state index is 9.68. The van der Waals surface area contributed by atoms with Crippen molar-refractivity contribution in [3.05, 3.63) is 65.6 Å². The number of ether oxygens (including phenoxy) is 1. The Hall–Kier alpha value is -3.08. The first kappa shape index (κ1) is 28.9. The van der Waals surface area contributed by atoms with Crippen molar-refractivity contribution in [2.75, 3.05) is 13.2 Å². The second-order valence-corrected chi connectivity index (χ2v) is 5.62. The van der Waals surface area contributed by atoms with Crippen LogP contribution in [-0.2, 0) is 6.54 Å². The maximum Gasteiger partial charge on any atom is 0.210 e. The van der Waals surface area contributed by atoms with Crippen molar-refractivity contribution in [1.82, 2.24) is 14.7 Å². The Morgan fingerprint density at radius 1 is 1.06 bits per heavy atom. The molecular formula is C25H37N3O4. The summed E-state index contributed by atoms with van der Waals surface area (Å²) >= 11 is 0. The van der Waals surface area contributed by atoms with E-state index in [-0.39, 0.29) is 13.2 Å². The lowest BCUT2D eigenvalue weighted by Crippen LogP contribution is -2.07. The second kappa shape index (κ2) is 17.6. The summed E-state index contributed by atoms with van der Waals surface area (Å²) in [5.41, 5.74) is 1.51. The molecule has 0 aliphatic carbocycles. The maximum absolute atomic E-state index is 9.68. The largest absolute Gasteiger partial charge is 0.491 e. The SMILES string of the molecule is CC.CC.CC.CC(O)c1nccn1Cc1cc(C#Cc2ccc(OCCO)cc2)on1. The normalized spacial score (nSPS) is 10.0. The zero-order valence-corrected chi connectivity index (χ0v) is 20.3. The van der Waals surface area contributed by atoms with Crippen molar-refractivity contribution in [3.63, 3.8) is 0 Å². The molecule has 0 aliphatic rings. The molecular weight excluding hydrogens is 406 g/mol. The molecule has 0 saturated heterocycles. The Labute approximate surface area is 192 Å². The van der Waals surface area contributed by atoms with Crippen LogP contribution in [0.4, 0.5) is 0 Å². The molecule has 3 rings (SSSR count). The average molecular weight is 444 g/mol. The van der Waals surface area contributed by atoms with Gasteiger partial charge in [-0.3, -0.25) is 0 Å². The minimum Gasteiger partial charge on any atom is -0.491 e. The van der Waals surface area contributed by atoms with Crippen molar-refractivity contribution in [3.8, 4) is 17.6 Å².